The van der Waals surface area contributed by atoms with Gasteiger partial charge in [0, 0.05) is 24.1 Å². The van der Waals surface area contributed by atoms with Crippen LogP contribution in [0.15, 0.2) is 48.5 Å². The highest BCUT2D eigenvalue weighted by atomic mass is 35.5. The van der Waals surface area contributed by atoms with Crippen molar-refractivity contribution in [2.75, 3.05) is 36.7 Å². The number of rotatable bonds is 9. The van der Waals surface area contributed by atoms with Crippen molar-refractivity contribution >= 4 is 39.0 Å². The number of anilines is 1. The minimum Gasteiger partial charge on any atom is -0.489 e. The Balaban J connectivity index is 1.49. The van der Waals surface area contributed by atoms with E-state index in [2.05, 4.69) is 34.8 Å². The standard InChI is InChI=1S/C26H27Cl2N5O3S/c1-26(2,20-12-18(14-29)25(22(28)13-20)36-11-10-27)19-6-4-17(5-7-19)23-8-9-24(31-30-23)33-15-21(16-33)32-37(3,34)35/h4-9,12-13,21,32H,10-11,15-16H2,1-3H3. The first-order valence-corrected chi connectivity index (χ1v) is 14.4. The number of aromatic nitrogens is 2. The molecule has 0 atom stereocenters. The molecule has 3 aromatic rings. The van der Waals surface area contributed by atoms with Crippen LogP contribution in [0.4, 0.5) is 5.82 Å². The fraction of sp³-hybridized carbons (Fsp3) is 0.346. The number of nitriles is 1. The van der Waals surface area contributed by atoms with Crippen molar-refractivity contribution in [3.05, 3.63) is 70.2 Å². The van der Waals surface area contributed by atoms with Crippen LogP contribution >= 0.6 is 23.2 Å². The molecule has 0 saturated carbocycles. The van der Waals surface area contributed by atoms with E-state index in [9.17, 15) is 13.7 Å². The van der Waals surface area contributed by atoms with Gasteiger partial charge in [0.2, 0.25) is 10.0 Å². The number of nitrogens with one attached hydrogen (secondary N) is 1. The van der Waals surface area contributed by atoms with Gasteiger partial charge in [0.25, 0.3) is 0 Å². The normalized spacial score (nSPS) is 14.2. The first-order chi connectivity index (χ1) is 17.5. The van der Waals surface area contributed by atoms with Gasteiger partial charge in [-0.05, 0) is 35.4 Å². The van der Waals surface area contributed by atoms with Crippen molar-refractivity contribution in [2.45, 2.75) is 25.3 Å². The van der Waals surface area contributed by atoms with Crippen molar-refractivity contribution < 1.29 is 13.2 Å². The number of hydrogen-bond donors (Lipinski definition) is 1. The van der Waals surface area contributed by atoms with Crippen molar-refractivity contribution in [3.63, 3.8) is 0 Å². The molecule has 0 aliphatic carbocycles. The molecule has 1 fully saturated rings. The third-order valence-corrected chi connectivity index (χ3v) is 7.54. The van der Waals surface area contributed by atoms with Gasteiger partial charge in [-0.2, -0.15) is 5.26 Å². The highest BCUT2D eigenvalue weighted by Gasteiger charge is 2.30. The summed E-state index contributed by atoms with van der Waals surface area (Å²) >= 11 is 12.2. The number of halogens is 2. The van der Waals surface area contributed by atoms with Crippen molar-refractivity contribution in [3.8, 4) is 23.1 Å². The second kappa shape index (κ2) is 10.8. The van der Waals surface area contributed by atoms with Crippen LogP contribution in [0, 0.1) is 11.3 Å². The highest BCUT2D eigenvalue weighted by molar-refractivity contribution is 7.88. The van der Waals surface area contributed by atoms with Gasteiger partial charge in [0.1, 0.15) is 12.7 Å². The summed E-state index contributed by atoms with van der Waals surface area (Å²) in [5.74, 6) is 1.36. The average Bonchev–Trinajstić information content (AvgIpc) is 2.84. The van der Waals surface area contributed by atoms with Crippen LogP contribution in [0.2, 0.25) is 5.02 Å². The highest BCUT2D eigenvalue weighted by Crippen LogP contribution is 2.38. The van der Waals surface area contributed by atoms with Gasteiger partial charge in [-0.15, -0.1) is 21.8 Å². The van der Waals surface area contributed by atoms with Crippen LogP contribution in [0.3, 0.4) is 0 Å². The van der Waals surface area contributed by atoms with Crippen molar-refractivity contribution in [2.24, 2.45) is 0 Å². The Bertz CT molecular complexity index is 1420. The Labute approximate surface area is 227 Å². The molecule has 0 spiro atoms. The maximum absolute atomic E-state index is 11.4. The Kier molecular flexibility index (Phi) is 7.95. The number of benzene rings is 2. The molecular formula is C26H27Cl2N5O3S. The Morgan fingerprint density at radius 1 is 1.14 bits per heavy atom. The van der Waals surface area contributed by atoms with Gasteiger partial charge in [-0.25, -0.2) is 13.1 Å². The van der Waals surface area contributed by atoms with Crippen molar-refractivity contribution in [1.82, 2.24) is 14.9 Å². The largest absolute Gasteiger partial charge is 0.489 e. The van der Waals surface area contributed by atoms with Crippen molar-refractivity contribution in [1.29, 1.82) is 5.26 Å². The average molecular weight is 561 g/mol. The second-order valence-electron chi connectivity index (χ2n) is 9.46. The fourth-order valence-corrected chi connectivity index (χ4v) is 5.35. The lowest BCUT2D eigenvalue weighted by Gasteiger charge is -2.39. The summed E-state index contributed by atoms with van der Waals surface area (Å²) in [6, 6.07) is 17.5. The molecular weight excluding hydrogens is 533 g/mol. The van der Waals surface area contributed by atoms with Crippen LogP contribution in [-0.4, -0.2) is 56.5 Å². The smallest absolute Gasteiger partial charge is 0.209 e. The molecule has 194 valence electrons. The first kappa shape index (κ1) is 27.1. The lowest BCUT2D eigenvalue weighted by atomic mass is 9.77. The van der Waals surface area contributed by atoms with Gasteiger partial charge in [-0.3, -0.25) is 0 Å². The number of nitrogens with zero attached hydrogens (tertiary/aromatic N) is 4. The van der Waals surface area contributed by atoms with E-state index >= 15 is 0 Å². The maximum atomic E-state index is 11.4. The van der Waals surface area contributed by atoms with E-state index in [1.807, 2.05) is 47.4 Å². The molecule has 0 unspecified atom stereocenters. The number of ether oxygens (including phenoxy) is 1. The van der Waals surface area contributed by atoms with E-state index in [4.69, 9.17) is 27.9 Å². The second-order valence-corrected chi connectivity index (χ2v) is 12.0. The summed E-state index contributed by atoms with van der Waals surface area (Å²) < 4.78 is 30.9. The molecule has 0 amide bonds. The molecule has 4 rings (SSSR count). The van der Waals surface area contributed by atoms with E-state index in [-0.39, 0.29) is 12.6 Å². The predicted molar refractivity (Wildman–Crippen MR) is 146 cm³/mol. The quantitative estimate of drug-likeness (QED) is 0.388. The zero-order valence-electron chi connectivity index (χ0n) is 20.7. The molecule has 2 heterocycles. The molecule has 1 aliphatic rings. The maximum Gasteiger partial charge on any atom is 0.209 e. The summed E-state index contributed by atoms with van der Waals surface area (Å²) in [5, 5.41) is 18.7. The summed E-state index contributed by atoms with van der Waals surface area (Å²) in [5.41, 5.74) is 3.52. The van der Waals surface area contributed by atoms with Gasteiger partial charge in [-0.1, -0.05) is 49.7 Å². The van der Waals surface area contributed by atoms with E-state index in [1.54, 1.807) is 6.07 Å². The Morgan fingerprint density at radius 2 is 1.84 bits per heavy atom. The van der Waals surface area contributed by atoms with E-state index in [1.165, 1.54) is 0 Å². The molecule has 1 N–H and O–H groups in total. The zero-order valence-corrected chi connectivity index (χ0v) is 23.0. The molecule has 1 aliphatic heterocycles. The number of sulfonamides is 1. The summed E-state index contributed by atoms with van der Waals surface area (Å²) in [7, 11) is -3.22. The molecule has 1 saturated heterocycles. The summed E-state index contributed by atoms with van der Waals surface area (Å²) in [6.07, 6.45) is 1.16. The van der Waals surface area contributed by atoms with Gasteiger partial charge in [0.05, 0.1) is 34.5 Å². The van der Waals surface area contributed by atoms with E-state index < -0.39 is 15.4 Å². The SMILES string of the molecule is CC(C)(c1ccc(-c2ccc(N3CC(NS(C)(=O)=O)C3)nn2)cc1)c1cc(Cl)c(OCCCl)c(C#N)c1. The van der Waals surface area contributed by atoms with E-state index in [0.29, 0.717) is 41.1 Å². The van der Waals surface area contributed by atoms with Gasteiger partial charge >= 0.3 is 0 Å². The van der Waals surface area contributed by atoms with Crippen LogP contribution in [0.5, 0.6) is 5.75 Å². The van der Waals surface area contributed by atoms with Crippen LogP contribution in [-0.2, 0) is 15.4 Å². The fourth-order valence-electron chi connectivity index (χ4n) is 4.24. The van der Waals surface area contributed by atoms with E-state index in [0.717, 1.165) is 28.6 Å². The van der Waals surface area contributed by atoms with Crippen LogP contribution in [0.1, 0.15) is 30.5 Å². The Hall–Kier alpha value is -2.90. The molecule has 37 heavy (non-hydrogen) atoms. The van der Waals surface area contributed by atoms with Gasteiger partial charge < -0.3 is 9.64 Å². The van der Waals surface area contributed by atoms with Crippen LogP contribution in [0.25, 0.3) is 11.3 Å². The zero-order chi connectivity index (χ0) is 26.8. The molecule has 2 aromatic carbocycles. The minimum absolute atomic E-state index is 0.110. The molecule has 0 radical (unpaired) electrons. The lowest BCUT2D eigenvalue weighted by Crippen LogP contribution is -2.59. The Morgan fingerprint density at radius 3 is 2.41 bits per heavy atom. The topological polar surface area (TPSA) is 108 Å². The number of alkyl halides is 1. The molecule has 11 heteroatoms. The number of hydrogen-bond acceptors (Lipinski definition) is 7. The monoisotopic (exact) mass is 559 g/mol. The summed E-state index contributed by atoms with van der Waals surface area (Å²) in [6.45, 7) is 5.52. The first-order valence-electron chi connectivity index (χ1n) is 11.6. The predicted octanol–water partition coefficient (Wildman–Crippen LogP) is 4.35. The van der Waals surface area contributed by atoms with Gasteiger partial charge in [0.15, 0.2) is 11.6 Å². The molecule has 0 bridgehead atoms. The molecule has 8 nitrogen and oxygen atoms in total. The summed E-state index contributed by atoms with van der Waals surface area (Å²) in [4.78, 5) is 1.97. The third kappa shape index (κ3) is 6.16. The lowest BCUT2D eigenvalue weighted by molar-refractivity contribution is 0.341. The minimum atomic E-state index is -3.22. The van der Waals surface area contributed by atoms with Crippen LogP contribution < -0.4 is 14.4 Å². The third-order valence-electron chi connectivity index (χ3n) is 6.35. The molecule has 1 aromatic heterocycles.